The summed E-state index contributed by atoms with van der Waals surface area (Å²) in [5.41, 5.74) is 20.8. The van der Waals surface area contributed by atoms with E-state index in [-0.39, 0.29) is 25.0 Å². The maximum absolute atomic E-state index is 11.7. The number of carbonyl (C=O) groups is 3. The van der Waals surface area contributed by atoms with Crippen LogP contribution in [0.5, 0.6) is 0 Å². The zero-order valence-electron chi connectivity index (χ0n) is 14.1. The van der Waals surface area contributed by atoms with E-state index >= 15 is 0 Å². The summed E-state index contributed by atoms with van der Waals surface area (Å²) in [6.45, 7) is 1.04. The molecule has 0 radical (unpaired) electrons. The van der Waals surface area contributed by atoms with Gasteiger partial charge in [0, 0.05) is 19.6 Å². The molecule has 0 bridgehead atoms. The van der Waals surface area contributed by atoms with E-state index in [1.807, 2.05) is 0 Å². The van der Waals surface area contributed by atoms with E-state index in [1.54, 1.807) is 0 Å². The number of hydrogen-bond acceptors (Lipinski definition) is 6. The van der Waals surface area contributed by atoms with Gasteiger partial charge in [0.05, 0.1) is 13.1 Å². The van der Waals surface area contributed by atoms with E-state index in [0.29, 0.717) is 32.5 Å². The molecule has 156 valence electrons. The molecule has 0 unspecified atom stereocenters. The first-order valence-corrected chi connectivity index (χ1v) is 13.0. The van der Waals surface area contributed by atoms with Crippen molar-refractivity contribution >= 4 is 42.5 Å². The number of nitrogens with zero attached hydrogens (tertiary/aromatic N) is 1. The van der Waals surface area contributed by atoms with E-state index < -0.39 is 34.3 Å². The van der Waals surface area contributed by atoms with Crippen LogP contribution in [0.3, 0.4) is 0 Å². The summed E-state index contributed by atoms with van der Waals surface area (Å²) in [5.74, 6) is -1.57. The minimum absolute atomic E-state index is 0.0457. The van der Waals surface area contributed by atoms with Gasteiger partial charge in [0.1, 0.15) is 6.04 Å². The molecule has 1 atom stereocenters. The summed E-state index contributed by atoms with van der Waals surface area (Å²) < 4.78 is 0. The number of nitrogens with two attached hydrogens (primary N) is 4. The first kappa shape index (κ1) is 27.1. The molecule has 0 aromatic carbocycles. The van der Waals surface area contributed by atoms with Gasteiger partial charge in [0.25, 0.3) is 0 Å². The SMILES string of the molecule is NCCNCC(=O)NCC(=O)N[C@@H](CCCN=C(N)N)C(N)=O.[Cl][Pt][Cl]. The van der Waals surface area contributed by atoms with Crippen molar-refractivity contribution in [3.8, 4) is 0 Å². The molecule has 0 aromatic rings. The fourth-order valence-corrected chi connectivity index (χ4v) is 1.58. The van der Waals surface area contributed by atoms with Gasteiger partial charge in [0.2, 0.25) is 17.7 Å². The van der Waals surface area contributed by atoms with Gasteiger partial charge < -0.3 is 38.9 Å². The third-order valence-electron chi connectivity index (χ3n) is 2.68. The van der Waals surface area contributed by atoms with Crippen LogP contribution in [0, 0.1) is 0 Å². The molecule has 0 fully saturated rings. The summed E-state index contributed by atoms with van der Waals surface area (Å²) in [7, 11) is 9.75. The van der Waals surface area contributed by atoms with Crippen LogP contribution in [0.15, 0.2) is 4.99 Å². The second kappa shape index (κ2) is 18.7. The number of hydrogen-bond donors (Lipinski definition) is 7. The van der Waals surface area contributed by atoms with Gasteiger partial charge in [0.15, 0.2) is 5.96 Å². The molecular weight excluding hydrogens is 570 g/mol. The van der Waals surface area contributed by atoms with Gasteiger partial charge in [-0.25, -0.2) is 0 Å². The van der Waals surface area contributed by atoms with Gasteiger partial charge in [-0.15, -0.1) is 0 Å². The van der Waals surface area contributed by atoms with Crippen LogP contribution >= 0.6 is 18.8 Å². The van der Waals surface area contributed by atoms with Crippen molar-refractivity contribution in [2.45, 2.75) is 18.9 Å². The van der Waals surface area contributed by atoms with Crippen LogP contribution in [0.25, 0.3) is 0 Å². The molecule has 0 saturated carbocycles. The van der Waals surface area contributed by atoms with Crippen molar-refractivity contribution in [1.82, 2.24) is 16.0 Å². The molecule has 11 nitrogen and oxygen atoms in total. The molecule has 3 amide bonds. The summed E-state index contributed by atoms with van der Waals surface area (Å²) >= 11 is -0.472. The molecule has 0 aromatic heterocycles. The van der Waals surface area contributed by atoms with Gasteiger partial charge in [-0.1, -0.05) is 0 Å². The van der Waals surface area contributed by atoms with E-state index in [2.05, 4.69) is 20.9 Å². The van der Waals surface area contributed by atoms with Crippen molar-refractivity contribution in [3.05, 3.63) is 0 Å². The maximum atomic E-state index is 11.7. The summed E-state index contributed by atoms with van der Waals surface area (Å²) in [5, 5.41) is 7.64. The Morgan fingerprint density at radius 2 is 1.69 bits per heavy atom. The fourth-order valence-electron chi connectivity index (χ4n) is 1.58. The molecule has 0 rings (SSSR count). The first-order valence-electron chi connectivity index (χ1n) is 7.42. The third-order valence-corrected chi connectivity index (χ3v) is 2.68. The van der Waals surface area contributed by atoms with E-state index in [9.17, 15) is 14.4 Å². The number of halogens is 2. The molecule has 0 saturated heterocycles. The normalized spacial score (nSPS) is 10.9. The minimum atomic E-state index is -0.844. The van der Waals surface area contributed by atoms with Crippen LogP contribution in [0.2, 0.25) is 0 Å². The topological polar surface area (TPSA) is 204 Å². The standard InChI is InChI=1S/C12H26N8O3.2ClH.Pt/c13-3-5-17-6-9(21)19-7-10(22)20-8(11(14)23)2-1-4-18-12(15)16;;;/h8,17H,1-7,13H2,(H2,14,23)(H,19,21)(H,20,22)(H4,15,16,18);2*1H;/q;;;+2/p-2/t8-;;;/m0.../s1. The quantitative estimate of drug-likeness (QED) is 0.0709. The molecule has 0 aliphatic heterocycles. The van der Waals surface area contributed by atoms with Crippen molar-refractivity contribution in [3.63, 3.8) is 0 Å². The van der Waals surface area contributed by atoms with Crippen LogP contribution in [-0.4, -0.2) is 62.4 Å². The number of guanidine groups is 1. The predicted molar refractivity (Wildman–Crippen MR) is 97.7 cm³/mol. The second-order valence-corrected chi connectivity index (χ2v) is 8.04. The Hall–Kier alpha value is -1.13. The van der Waals surface area contributed by atoms with E-state index in [1.165, 1.54) is 0 Å². The number of primary amides is 1. The summed E-state index contributed by atoms with van der Waals surface area (Å²) in [4.78, 5) is 38.1. The molecular formula is C12H26Cl2N8O3Pt. The van der Waals surface area contributed by atoms with Gasteiger partial charge in [-0.05, 0) is 12.8 Å². The molecule has 26 heavy (non-hydrogen) atoms. The van der Waals surface area contributed by atoms with Gasteiger partial charge in [-0.2, -0.15) is 0 Å². The zero-order valence-corrected chi connectivity index (χ0v) is 17.9. The summed E-state index contributed by atoms with van der Waals surface area (Å²) in [6.07, 6.45) is 0.769. The number of carbonyl (C=O) groups excluding carboxylic acids is 3. The third kappa shape index (κ3) is 19.2. The Kier molecular flexibility index (Phi) is 19.4. The monoisotopic (exact) mass is 595 g/mol. The van der Waals surface area contributed by atoms with Crippen molar-refractivity contribution in [2.24, 2.45) is 27.9 Å². The fraction of sp³-hybridized carbons (Fsp3) is 0.667. The number of amides is 3. The van der Waals surface area contributed by atoms with Crippen molar-refractivity contribution in [1.29, 1.82) is 0 Å². The van der Waals surface area contributed by atoms with Gasteiger partial charge in [-0.3, -0.25) is 19.4 Å². The Morgan fingerprint density at radius 1 is 1.08 bits per heavy atom. The Balaban J connectivity index is 0. The Morgan fingerprint density at radius 3 is 2.19 bits per heavy atom. The summed E-state index contributed by atoms with van der Waals surface area (Å²) in [6, 6.07) is -0.844. The van der Waals surface area contributed by atoms with Crippen LogP contribution in [-0.2, 0) is 30.9 Å². The Labute approximate surface area is 168 Å². The van der Waals surface area contributed by atoms with Crippen molar-refractivity contribution < 1.29 is 30.9 Å². The van der Waals surface area contributed by atoms with E-state index in [0.717, 1.165) is 0 Å². The molecule has 14 heteroatoms. The average Bonchev–Trinajstić information content (AvgIpc) is 2.56. The molecule has 11 N–H and O–H groups in total. The molecule has 0 spiro atoms. The number of nitrogens with one attached hydrogen (secondary N) is 3. The average molecular weight is 596 g/mol. The number of aliphatic imine (C=N–C) groups is 1. The van der Waals surface area contributed by atoms with Crippen LogP contribution < -0.4 is 38.9 Å². The van der Waals surface area contributed by atoms with Crippen molar-refractivity contribution in [2.75, 3.05) is 32.7 Å². The van der Waals surface area contributed by atoms with E-state index in [4.69, 9.17) is 41.8 Å². The second-order valence-electron chi connectivity index (χ2n) is 4.76. The van der Waals surface area contributed by atoms with Crippen LogP contribution in [0.4, 0.5) is 0 Å². The predicted octanol–water partition coefficient (Wildman–Crippen LogP) is -2.95. The van der Waals surface area contributed by atoms with Crippen LogP contribution in [0.1, 0.15) is 12.8 Å². The number of rotatable bonds is 12. The Bertz CT molecular complexity index is 452. The van der Waals surface area contributed by atoms with Gasteiger partial charge >= 0.3 is 35.3 Å². The first-order chi connectivity index (χ1) is 12.3. The molecule has 0 heterocycles. The molecule has 0 aliphatic rings. The zero-order chi connectivity index (χ0) is 20.4. The molecule has 0 aliphatic carbocycles.